The van der Waals surface area contributed by atoms with Gasteiger partial charge >= 0.3 is 5.97 Å². The first-order chi connectivity index (χ1) is 9.78. The van der Waals surface area contributed by atoms with Crippen molar-refractivity contribution in [2.75, 3.05) is 6.54 Å². The number of hydrogen-bond donors (Lipinski definition) is 0. The van der Waals surface area contributed by atoms with E-state index in [-0.39, 0.29) is 12.0 Å². The summed E-state index contributed by atoms with van der Waals surface area (Å²) in [7, 11) is 0. The van der Waals surface area contributed by atoms with Crippen LogP contribution in [0, 0.1) is 0 Å². The molecule has 0 amide bonds. The number of rotatable bonds is 3. The van der Waals surface area contributed by atoms with Gasteiger partial charge in [-0.05, 0) is 52.3 Å². The van der Waals surface area contributed by atoms with Crippen molar-refractivity contribution in [2.45, 2.75) is 51.8 Å². The van der Waals surface area contributed by atoms with E-state index in [1.165, 1.54) is 0 Å². The highest BCUT2D eigenvalue weighted by Gasteiger charge is 2.34. The van der Waals surface area contributed by atoms with Crippen molar-refractivity contribution >= 4 is 29.2 Å². The van der Waals surface area contributed by atoms with Crippen molar-refractivity contribution in [1.82, 2.24) is 4.90 Å². The minimum Gasteiger partial charge on any atom is -0.459 e. The highest BCUT2D eigenvalue weighted by atomic mass is 35.5. The van der Waals surface area contributed by atoms with Crippen LogP contribution in [0.3, 0.4) is 0 Å². The van der Waals surface area contributed by atoms with Crippen molar-refractivity contribution in [3.05, 3.63) is 33.8 Å². The molecule has 0 saturated carbocycles. The lowest BCUT2D eigenvalue weighted by Gasteiger charge is -2.27. The lowest BCUT2D eigenvalue weighted by Crippen LogP contribution is -2.40. The first-order valence-electron chi connectivity index (χ1n) is 7.18. The Labute approximate surface area is 136 Å². The fourth-order valence-electron chi connectivity index (χ4n) is 2.54. The van der Waals surface area contributed by atoms with Gasteiger partial charge in [0.15, 0.2) is 0 Å². The van der Waals surface area contributed by atoms with E-state index >= 15 is 0 Å². The van der Waals surface area contributed by atoms with E-state index in [1.54, 1.807) is 0 Å². The number of hydrogen-bond acceptors (Lipinski definition) is 3. The third-order valence-electron chi connectivity index (χ3n) is 3.47. The second kappa shape index (κ2) is 6.55. The molecule has 1 aliphatic heterocycles. The van der Waals surface area contributed by atoms with Gasteiger partial charge in [-0.1, -0.05) is 29.3 Å². The molecule has 1 heterocycles. The van der Waals surface area contributed by atoms with Crippen molar-refractivity contribution in [1.29, 1.82) is 0 Å². The van der Waals surface area contributed by atoms with Crippen molar-refractivity contribution < 1.29 is 9.53 Å². The molecule has 116 valence electrons. The maximum atomic E-state index is 12.3. The smallest absolute Gasteiger partial charge is 0.323 e. The molecule has 0 aromatic heterocycles. The molecule has 0 unspecified atom stereocenters. The van der Waals surface area contributed by atoms with Gasteiger partial charge in [0, 0.05) is 22.2 Å². The van der Waals surface area contributed by atoms with Crippen LogP contribution in [0.2, 0.25) is 10.0 Å². The molecule has 1 fully saturated rings. The number of benzene rings is 1. The van der Waals surface area contributed by atoms with Gasteiger partial charge in [0.1, 0.15) is 11.6 Å². The van der Waals surface area contributed by atoms with E-state index in [9.17, 15) is 4.79 Å². The zero-order valence-corrected chi connectivity index (χ0v) is 14.2. The van der Waals surface area contributed by atoms with E-state index in [4.69, 9.17) is 27.9 Å². The summed E-state index contributed by atoms with van der Waals surface area (Å²) in [5.41, 5.74) is 0.407. The van der Waals surface area contributed by atoms with E-state index in [0.717, 1.165) is 24.9 Å². The van der Waals surface area contributed by atoms with Crippen LogP contribution in [0.25, 0.3) is 0 Å². The van der Waals surface area contributed by atoms with Gasteiger partial charge in [-0.15, -0.1) is 0 Å². The van der Waals surface area contributed by atoms with Crippen LogP contribution in [0.15, 0.2) is 18.2 Å². The van der Waals surface area contributed by atoms with Gasteiger partial charge in [0.25, 0.3) is 0 Å². The Hall–Kier alpha value is -0.770. The second-order valence-electron chi connectivity index (χ2n) is 6.36. The lowest BCUT2D eigenvalue weighted by atomic mass is 10.1. The number of likely N-dealkylation sites (tertiary alicyclic amines) is 1. The summed E-state index contributed by atoms with van der Waals surface area (Å²) < 4.78 is 5.50. The average Bonchev–Trinajstić information content (AvgIpc) is 2.80. The Morgan fingerprint density at radius 2 is 1.95 bits per heavy atom. The number of ether oxygens (including phenoxy) is 1. The third kappa shape index (κ3) is 4.35. The van der Waals surface area contributed by atoms with Gasteiger partial charge < -0.3 is 4.74 Å². The molecule has 1 saturated heterocycles. The zero-order valence-electron chi connectivity index (χ0n) is 12.7. The van der Waals surface area contributed by atoms with E-state index < -0.39 is 5.60 Å². The van der Waals surface area contributed by atoms with Crippen LogP contribution in [0.4, 0.5) is 0 Å². The minimum atomic E-state index is -0.465. The second-order valence-corrected chi connectivity index (χ2v) is 7.18. The number of halogens is 2. The predicted octanol–water partition coefficient (Wildman–Crippen LogP) is 4.30. The Bertz CT molecular complexity index is 505. The molecule has 1 atom stereocenters. The molecule has 21 heavy (non-hydrogen) atoms. The number of esters is 1. The number of nitrogens with zero attached hydrogens (tertiary/aromatic N) is 1. The van der Waals surface area contributed by atoms with Gasteiger partial charge in [0.2, 0.25) is 0 Å². The molecule has 2 rings (SSSR count). The third-order valence-corrected chi connectivity index (χ3v) is 4.17. The molecule has 0 radical (unpaired) electrons. The SMILES string of the molecule is CC(C)(C)OC(=O)[C@@H]1CCCN1Cc1c(Cl)cccc1Cl. The highest BCUT2D eigenvalue weighted by Crippen LogP contribution is 2.29. The van der Waals surface area contributed by atoms with Gasteiger partial charge in [-0.3, -0.25) is 9.69 Å². The summed E-state index contributed by atoms with van der Waals surface area (Å²) >= 11 is 12.4. The quantitative estimate of drug-likeness (QED) is 0.774. The molecule has 0 N–H and O–H groups in total. The Kier molecular flexibility index (Phi) is 5.18. The molecule has 1 aliphatic rings. The first-order valence-corrected chi connectivity index (χ1v) is 7.93. The van der Waals surface area contributed by atoms with Crippen molar-refractivity contribution in [2.24, 2.45) is 0 Å². The van der Waals surface area contributed by atoms with E-state index in [0.29, 0.717) is 16.6 Å². The lowest BCUT2D eigenvalue weighted by molar-refractivity contribution is -0.160. The Morgan fingerprint density at radius 1 is 1.33 bits per heavy atom. The highest BCUT2D eigenvalue weighted by molar-refractivity contribution is 6.35. The number of carbonyl (C=O) groups is 1. The van der Waals surface area contributed by atoms with Gasteiger partial charge in [-0.25, -0.2) is 0 Å². The van der Waals surface area contributed by atoms with Crippen molar-refractivity contribution in [3.63, 3.8) is 0 Å². The van der Waals surface area contributed by atoms with E-state index in [1.807, 2.05) is 39.0 Å². The van der Waals surface area contributed by atoms with Crippen LogP contribution >= 0.6 is 23.2 Å². The molecular formula is C16H21Cl2NO2. The normalized spacial score (nSPS) is 19.8. The minimum absolute atomic E-state index is 0.164. The average molecular weight is 330 g/mol. The van der Waals surface area contributed by atoms with Crippen molar-refractivity contribution in [3.8, 4) is 0 Å². The molecular weight excluding hydrogens is 309 g/mol. The maximum absolute atomic E-state index is 12.3. The summed E-state index contributed by atoms with van der Waals surface area (Å²) in [6, 6.07) is 5.25. The Balaban J connectivity index is 2.11. The summed E-state index contributed by atoms with van der Waals surface area (Å²) in [5, 5.41) is 1.27. The summed E-state index contributed by atoms with van der Waals surface area (Å²) in [6.07, 6.45) is 1.79. The molecule has 0 bridgehead atoms. The van der Waals surface area contributed by atoms with E-state index in [2.05, 4.69) is 4.90 Å². The van der Waals surface area contributed by atoms with Crippen LogP contribution in [-0.2, 0) is 16.1 Å². The maximum Gasteiger partial charge on any atom is 0.323 e. The largest absolute Gasteiger partial charge is 0.459 e. The monoisotopic (exact) mass is 329 g/mol. The first kappa shape index (κ1) is 16.6. The van der Waals surface area contributed by atoms with Crippen LogP contribution < -0.4 is 0 Å². The standard InChI is InChI=1S/C16H21Cl2NO2/c1-16(2,3)21-15(20)14-8-5-9-19(14)10-11-12(17)6-4-7-13(11)18/h4,6-7,14H,5,8-10H2,1-3H3/t14-/m0/s1. The fourth-order valence-corrected chi connectivity index (χ4v) is 3.06. The summed E-state index contributed by atoms with van der Waals surface area (Å²) in [6.45, 7) is 7.08. The van der Waals surface area contributed by atoms with Crippen LogP contribution in [0.5, 0.6) is 0 Å². The van der Waals surface area contributed by atoms with Gasteiger partial charge in [0.05, 0.1) is 0 Å². The van der Waals surface area contributed by atoms with Gasteiger partial charge in [-0.2, -0.15) is 0 Å². The zero-order chi connectivity index (χ0) is 15.6. The van der Waals surface area contributed by atoms with Crippen LogP contribution in [-0.4, -0.2) is 29.1 Å². The topological polar surface area (TPSA) is 29.5 Å². The summed E-state index contributed by atoms with van der Waals surface area (Å²) in [4.78, 5) is 14.4. The fraction of sp³-hybridized carbons (Fsp3) is 0.562. The molecule has 1 aromatic carbocycles. The summed E-state index contributed by atoms with van der Waals surface area (Å²) in [5.74, 6) is -0.164. The molecule has 0 aliphatic carbocycles. The van der Waals surface area contributed by atoms with Crippen LogP contribution in [0.1, 0.15) is 39.2 Å². The number of carbonyl (C=O) groups excluding carboxylic acids is 1. The predicted molar refractivity (Wildman–Crippen MR) is 85.7 cm³/mol. The molecule has 0 spiro atoms. The molecule has 5 heteroatoms. The molecule has 1 aromatic rings. The molecule has 3 nitrogen and oxygen atoms in total. The Morgan fingerprint density at radius 3 is 2.52 bits per heavy atom.